The Morgan fingerprint density at radius 2 is 1.92 bits per heavy atom. The third kappa shape index (κ3) is 4.55. The van der Waals surface area contributed by atoms with Crippen LogP contribution in [0.15, 0.2) is 42.5 Å². The number of hydrogen-bond acceptors (Lipinski definition) is 2. The standard InChI is InChI=1S/C21H24ClNO2/c1-2-19(17-12-11-15-7-3-4-8-16(15)13-17)23-21(24)14-25-20-10-6-5-9-18(20)22/h5-6,9-13,19H,2-4,7-8,14H2,1H3,(H,23,24)/t19-/m1/s1. The van der Waals surface area contributed by atoms with Crippen LogP contribution in [0.5, 0.6) is 5.75 Å². The van der Waals surface area contributed by atoms with E-state index < -0.39 is 0 Å². The van der Waals surface area contributed by atoms with Crippen molar-refractivity contribution >= 4 is 17.5 Å². The summed E-state index contributed by atoms with van der Waals surface area (Å²) in [6.07, 6.45) is 5.69. The molecular formula is C21H24ClNO2. The molecule has 0 radical (unpaired) electrons. The maximum atomic E-state index is 12.3. The van der Waals surface area contributed by atoms with Gasteiger partial charge in [-0.2, -0.15) is 0 Å². The Balaban J connectivity index is 1.61. The van der Waals surface area contributed by atoms with Crippen LogP contribution in [0.2, 0.25) is 5.02 Å². The largest absolute Gasteiger partial charge is 0.482 e. The van der Waals surface area contributed by atoms with E-state index in [9.17, 15) is 4.79 Å². The first-order chi connectivity index (χ1) is 12.2. The van der Waals surface area contributed by atoms with Gasteiger partial charge in [0.25, 0.3) is 5.91 Å². The van der Waals surface area contributed by atoms with E-state index in [0.717, 1.165) is 12.8 Å². The number of ether oxygens (including phenoxy) is 1. The fourth-order valence-electron chi connectivity index (χ4n) is 3.33. The normalized spacial score (nSPS) is 14.5. The number of rotatable bonds is 6. The van der Waals surface area contributed by atoms with E-state index in [1.165, 1.54) is 36.0 Å². The molecule has 0 heterocycles. The fourth-order valence-corrected chi connectivity index (χ4v) is 3.52. The zero-order valence-corrected chi connectivity index (χ0v) is 15.3. The highest BCUT2D eigenvalue weighted by atomic mass is 35.5. The predicted molar refractivity (Wildman–Crippen MR) is 101 cm³/mol. The molecule has 3 rings (SSSR count). The lowest BCUT2D eigenvalue weighted by atomic mass is 9.89. The number of halogens is 1. The second kappa shape index (κ2) is 8.39. The van der Waals surface area contributed by atoms with E-state index in [-0.39, 0.29) is 18.6 Å². The first kappa shape index (κ1) is 17.8. The number of aryl methyl sites for hydroxylation is 2. The van der Waals surface area contributed by atoms with E-state index in [1.807, 2.05) is 12.1 Å². The SMILES string of the molecule is CC[C@@H](NC(=O)COc1ccccc1Cl)c1ccc2c(c1)CCCC2. The van der Waals surface area contributed by atoms with Gasteiger partial charge in [-0.15, -0.1) is 0 Å². The van der Waals surface area contributed by atoms with Gasteiger partial charge in [0.05, 0.1) is 11.1 Å². The first-order valence-corrected chi connectivity index (χ1v) is 9.33. The van der Waals surface area contributed by atoms with Gasteiger partial charge in [-0.3, -0.25) is 4.79 Å². The van der Waals surface area contributed by atoms with Crippen molar-refractivity contribution in [2.24, 2.45) is 0 Å². The van der Waals surface area contributed by atoms with Crippen molar-refractivity contribution in [3.8, 4) is 5.75 Å². The van der Waals surface area contributed by atoms with Crippen molar-refractivity contribution in [1.29, 1.82) is 0 Å². The van der Waals surface area contributed by atoms with Gasteiger partial charge >= 0.3 is 0 Å². The topological polar surface area (TPSA) is 38.3 Å². The zero-order chi connectivity index (χ0) is 17.6. The van der Waals surface area contributed by atoms with Crippen LogP contribution in [-0.4, -0.2) is 12.5 Å². The molecule has 0 aromatic heterocycles. The molecule has 0 fully saturated rings. The smallest absolute Gasteiger partial charge is 0.258 e. The molecule has 2 aromatic rings. The molecule has 3 nitrogen and oxygen atoms in total. The lowest BCUT2D eigenvalue weighted by Gasteiger charge is -2.22. The maximum Gasteiger partial charge on any atom is 0.258 e. The Labute approximate surface area is 154 Å². The summed E-state index contributed by atoms with van der Waals surface area (Å²) < 4.78 is 5.53. The molecule has 132 valence electrons. The van der Waals surface area contributed by atoms with Crippen molar-refractivity contribution in [1.82, 2.24) is 5.32 Å². The van der Waals surface area contributed by atoms with Gasteiger partial charge in [0.2, 0.25) is 0 Å². The summed E-state index contributed by atoms with van der Waals surface area (Å²) in [6, 6.07) is 13.8. The van der Waals surface area contributed by atoms with Crippen LogP contribution in [0.25, 0.3) is 0 Å². The maximum absolute atomic E-state index is 12.3. The second-order valence-electron chi connectivity index (χ2n) is 6.48. The monoisotopic (exact) mass is 357 g/mol. The Hall–Kier alpha value is -2.00. The van der Waals surface area contributed by atoms with E-state index in [0.29, 0.717) is 10.8 Å². The first-order valence-electron chi connectivity index (χ1n) is 8.95. The number of nitrogens with one attached hydrogen (secondary N) is 1. The summed E-state index contributed by atoms with van der Waals surface area (Å²) in [5.41, 5.74) is 4.07. The average Bonchev–Trinajstić information content (AvgIpc) is 2.65. The third-order valence-electron chi connectivity index (χ3n) is 4.71. The molecule has 1 N–H and O–H groups in total. The van der Waals surface area contributed by atoms with E-state index in [4.69, 9.17) is 16.3 Å². The third-order valence-corrected chi connectivity index (χ3v) is 5.03. The Kier molecular flexibility index (Phi) is 5.98. The highest BCUT2D eigenvalue weighted by Gasteiger charge is 2.16. The van der Waals surface area contributed by atoms with Gasteiger partial charge in [0.1, 0.15) is 5.75 Å². The Morgan fingerprint density at radius 3 is 2.68 bits per heavy atom. The molecule has 1 aliphatic rings. The molecule has 25 heavy (non-hydrogen) atoms. The number of benzene rings is 2. The van der Waals surface area contributed by atoms with Crippen molar-refractivity contribution in [2.75, 3.05) is 6.61 Å². The van der Waals surface area contributed by atoms with Gasteiger partial charge in [-0.05, 0) is 60.9 Å². The number of hydrogen-bond donors (Lipinski definition) is 1. The van der Waals surface area contributed by atoms with Gasteiger partial charge in [0, 0.05) is 0 Å². The predicted octanol–water partition coefficient (Wildman–Crippen LogP) is 4.87. The molecule has 0 spiro atoms. The highest BCUT2D eigenvalue weighted by molar-refractivity contribution is 6.32. The molecule has 0 saturated heterocycles. The number of amides is 1. The van der Waals surface area contributed by atoms with Crippen LogP contribution < -0.4 is 10.1 Å². The van der Waals surface area contributed by atoms with Crippen molar-refractivity contribution in [3.05, 3.63) is 64.2 Å². The minimum atomic E-state index is -0.135. The van der Waals surface area contributed by atoms with E-state index >= 15 is 0 Å². The number of fused-ring (bicyclic) bond motifs is 1. The average molecular weight is 358 g/mol. The Bertz CT molecular complexity index is 744. The Morgan fingerprint density at radius 1 is 1.16 bits per heavy atom. The number of carbonyl (C=O) groups excluding carboxylic acids is 1. The van der Waals surface area contributed by atoms with Gasteiger partial charge in [0.15, 0.2) is 6.61 Å². The lowest BCUT2D eigenvalue weighted by Crippen LogP contribution is -2.32. The molecular weight excluding hydrogens is 334 g/mol. The van der Waals surface area contributed by atoms with Gasteiger partial charge in [-0.25, -0.2) is 0 Å². The molecule has 1 atom stereocenters. The van der Waals surface area contributed by atoms with Crippen LogP contribution in [0.3, 0.4) is 0 Å². The van der Waals surface area contributed by atoms with Crippen LogP contribution >= 0.6 is 11.6 Å². The molecule has 0 bridgehead atoms. The summed E-state index contributed by atoms with van der Waals surface area (Å²) >= 11 is 6.05. The molecule has 1 amide bonds. The van der Waals surface area contributed by atoms with Crippen LogP contribution in [0, 0.1) is 0 Å². The van der Waals surface area contributed by atoms with Crippen molar-refractivity contribution in [3.63, 3.8) is 0 Å². The minimum absolute atomic E-state index is 0.00886. The fraction of sp³-hybridized carbons (Fsp3) is 0.381. The quantitative estimate of drug-likeness (QED) is 0.801. The number of carbonyl (C=O) groups is 1. The second-order valence-corrected chi connectivity index (χ2v) is 6.89. The summed E-state index contributed by atoms with van der Waals surface area (Å²) in [6.45, 7) is 2.05. The van der Waals surface area contributed by atoms with Gasteiger partial charge in [-0.1, -0.05) is 48.9 Å². The van der Waals surface area contributed by atoms with E-state index in [2.05, 4.69) is 30.4 Å². The lowest BCUT2D eigenvalue weighted by molar-refractivity contribution is -0.123. The van der Waals surface area contributed by atoms with Crippen molar-refractivity contribution in [2.45, 2.75) is 45.1 Å². The highest BCUT2D eigenvalue weighted by Crippen LogP contribution is 2.26. The molecule has 0 saturated carbocycles. The molecule has 4 heteroatoms. The zero-order valence-electron chi connectivity index (χ0n) is 14.6. The summed E-state index contributed by atoms with van der Waals surface area (Å²) in [5, 5.41) is 3.58. The van der Waals surface area contributed by atoms with E-state index in [1.54, 1.807) is 12.1 Å². The summed E-state index contributed by atoms with van der Waals surface area (Å²) in [7, 11) is 0. The summed E-state index contributed by atoms with van der Waals surface area (Å²) in [5.74, 6) is 0.394. The molecule has 1 aliphatic carbocycles. The van der Waals surface area contributed by atoms with Crippen molar-refractivity contribution < 1.29 is 9.53 Å². The van der Waals surface area contributed by atoms with Crippen LogP contribution in [0.1, 0.15) is 48.9 Å². The number of para-hydroxylation sites is 1. The molecule has 0 unspecified atom stereocenters. The van der Waals surface area contributed by atoms with Gasteiger partial charge < -0.3 is 10.1 Å². The summed E-state index contributed by atoms with van der Waals surface area (Å²) in [4.78, 5) is 12.3. The molecule has 0 aliphatic heterocycles. The van der Waals surface area contributed by atoms with Crippen LogP contribution in [0.4, 0.5) is 0 Å². The van der Waals surface area contributed by atoms with Crippen LogP contribution in [-0.2, 0) is 17.6 Å². The molecule has 2 aromatic carbocycles. The minimum Gasteiger partial charge on any atom is -0.482 e.